The van der Waals surface area contributed by atoms with Crippen molar-refractivity contribution in [1.82, 2.24) is 19.7 Å². The van der Waals surface area contributed by atoms with Crippen molar-refractivity contribution < 1.29 is 9.59 Å². The van der Waals surface area contributed by atoms with Crippen LogP contribution in [0.2, 0.25) is 0 Å². The van der Waals surface area contributed by atoms with Crippen LogP contribution in [0.15, 0.2) is 24.5 Å². The Morgan fingerprint density at radius 2 is 2.07 bits per heavy atom. The quantitative estimate of drug-likeness (QED) is 0.731. The normalized spacial score (nSPS) is 21.8. The molecule has 0 aromatic carbocycles. The second-order valence-electron chi connectivity index (χ2n) is 8.92. The number of carbonyl (C=O) groups is 2. The lowest BCUT2D eigenvalue weighted by Crippen LogP contribution is -2.49. The van der Waals surface area contributed by atoms with Crippen LogP contribution in [0.25, 0.3) is 6.08 Å². The lowest BCUT2D eigenvalue weighted by Gasteiger charge is -2.30. The summed E-state index contributed by atoms with van der Waals surface area (Å²) in [5.74, 6) is 0.781. The van der Waals surface area contributed by atoms with Gasteiger partial charge in [-0.3, -0.25) is 14.5 Å². The molecule has 0 radical (unpaired) electrons. The van der Waals surface area contributed by atoms with Crippen LogP contribution in [-0.4, -0.2) is 64.9 Å². The lowest BCUT2D eigenvalue weighted by molar-refractivity contribution is -0.127. The maximum Gasteiger partial charge on any atom is 0.247 e. The first kappa shape index (κ1) is 20.6. The second kappa shape index (κ2) is 8.11. The van der Waals surface area contributed by atoms with Crippen LogP contribution in [0, 0.1) is 11.8 Å². The van der Waals surface area contributed by atoms with E-state index in [2.05, 4.69) is 19.2 Å². The molecule has 1 aliphatic heterocycles. The van der Waals surface area contributed by atoms with E-state index in [0.29, 0.717) is 12.5 Å². The SMILES string of the molecule is CC(C)C(C(=O)NCC1CCN(C(=O)/C=C/c2ccn(C)c2)C12CC2)N(C)C. The van der Waals surface area contributed by atoms with E-state index in [9.17, 15) is 9.59 Å². The van der Waals surface area contributed by atoms with Crippen molar-refractivity contribution in [3.8, 4) is 0 Å². The van der Waals surface area contributed by atoms with Gasteiger partial charge in [0.1, 0.15) is 0 Å². The molecule has 28 heavy (non-hydrogen) atoms. The van der Waals surface area contributed by atoms with Crippen LogP contribution < -0.4 is 5.32 Å². The predicted molar refractivity (Wildman–Crippen MR) is 112 cm³/mol. The third kappa shape index (κ3) is 4.17. The van der Waals surface area contributed by atoms with Gasteiger partial charge in [-0.05, 0) is 57.0 Å². The highest BCUT2D eigenvalue weighted by Crippen LogP contribution is 2.53. The first-order valence-corrected chi connectivity index (χ1v) is 10.3. The topological polar surface area (TPSA) is 57.6 Å². The average Bonchev–Trinajstić information content (AvgIpc) is 3.15. The average molecular weight is 387 g/mol. The monoisotopic (exact) mass is 386 g/mol. The molecule has 6 heteroatoms. The number of aromatic nitrogens is 1. The van der Waals surface area contributed by atoms with E-state index < -0.39 is 0 Å². The fraction of sp³-hybridized carbons (Fsp3) is 0.636. The highest BCUT2D eigenvalue weighted by Gasteiger charge is 2.58. The molecule has 2 fully saturated rings. The second-order valence-corrected chi connectivity index (χ2v) is 8.92. The highest BCUT2D eigenvalue weighted by molar-refractivity contribution is 5.93. The molecule has 2 unspecified atom stereocenters. The Morgan fingerprint density at radius 1 is 1.36 bits per heavy atom. The predicted octanol–water partition coefficient (Wildman–Crippen LogP) is 2.12. The Balaban J connectivity index is 1.58. The van der Waals surface area contributed by atoms with Gasteiger partial charge in [0.2, 0.25) is 11.8 Å². The van der Waals surface area contributed by atoms with Gasteiger partial charge in [0.15, 0.2) is 0 Å². The molecule has 6 nitrogen and oxygen atoms in total. The lowest BCUT2D eigenvalue weighted by atomic mass is 9.97. The van der Waals surface area contributed by atoms with E-state index in [1.165, 1.54) is 0 Å². The summed E-state index contributed by atoms with van der Waals surface area (Å²) in [6.45, 7) is 5.57. The number of carbonyl (C=O) groups excluding carboxylic acids is 2. The first-order valence-electron chi connectivity index (χ1n) is 10.3. The maximum atomic E-state index is 12.8. The zero-order chi connectivity index (χ0) is 20.5. The number of likely N-dealkylation sites (N-methyl/N-ethyl adjacent to an activating group) is 1. The van der Waals surface area contributed by atoms with Crippen molar-refractivity contribution in [3.05, 3.63) is 30.1 Å². The summed E-state index contributed by atoms with van der Waals surface area (Å²) in [5.41, 5.74) is 0.990. The summed E-state index contributed by atoms with van der Waals surface area (Å²) in [7, 11) is 5.86. The zero-order valence-electron chi connectivity index (χ0n) is 17.8. The summed E-state index contributed by atoms with van der Waals surface area (Å²) in [6.07, 6.45) is 10.6. The van der Waals surface area contributed by atoms with Crippen molar-refractivity contribution in [2.75, 3.05) is 27.2 Å². The Labute approximate surface area is 168 Å². The van der Waals surface area contributed by atoms with Crippen LogP contribution in [0.1, 0.15) is 38.7 Å². The van der Waals surface area contributed by atoms with Crippen molar-refractivity contribution in [2.24, 2.45) is 18.9 Å². The molecule has 1 saturated carbocycles. The minimum Gasteiger partial charge on any atom is -0.357 e. The third-order valence-corrected chi connectivity index (χ3v) is 6.28. The van der Waals surface area contributed by atoms with Crippen LogP contribution in [0.3, 0.4) is 0 Å². The van der Waals surface area contributed by atoms with E-state index in [4.69, 9.17) is 0 Å². The Hall–Kier alpha value is -2.08. The highest BCUT2D eigenvalue weighted by atomic mass is 16.2. The molecule has 1 N–H and O–H groups in total. The molecule has 1 saturated heterocycles. The number of nitrogens with one attached hydrogen (secondary N) is 1. The fourth-order valence-corrected chi connectivity index (χ4v) is 4.77. The van der Waals surface area contributed by atoms with E-state index in [1.54, 1.807) is 6.08 Å². The number of hydrogen-bond donors (Lipinski definition) is 1. The maximum absolute atomic E-state index is 12.8. The molecular weight excluding hydrogens is 352 g/mol. The van der Waals surface area contributed by atoms with Gasteiger partial charge in [0, 0.05) is 50.1 Å². The van der Waals surface area contributed by atoms with Crippen LogP contribution >= 0.6 is 0 Å². The minimum atomic E-state index is -0.122. The number of nitrogens with zero attached hydrogens (tertiary/aromatic N) is 3. The Kier molecular flexibility index (Phi) is 5.98. The molecule has 3 rings (SSSR count). The summed E-state index contributed by atoms with van der Waals surface area (Å²) in [5, 5.41) is 3.16. The summed E-state index contributed by atoms with van der Waals surface area (Å²) >= 11 is 0. The molecule has 154 valence electrons. The molecule has 1 aromatic rings. The molecule has 0 bridgehead atoms. The Bertz CT molecular complexity index is 737. The van der Waals surface area contributed by atoms with Crippen molar-refractivity contribution >= 4 is 17.9 Å². The van der Waals surface area contributed by atoms with Crippen LogP contribution in [0.4, 0.5) is 0 Å². The van der Waals surface area contributed by atoms with Gasteiger partial charge >= 0.3 is 0 Å². The molecule has 2 aliphatic rings. The molecule has 2 amide bonds. The number of rotatable bonds is 7. The van der Waals surface area contributed by atoms with Gasteiger partial charge in [0.05, 0.1) is 6.04 Å². The minimum absolute atomic E-state index is 0.0448. The summed E-state index contributed by atoms with van der Waals surface area (Å²) in [4.78, 5) is 29.4. The van der Waals surface area contributed by atoms with E-state index in [-0.39, 0.29) is 29.3 Å². The number of amides is 2. The molecule has 1 aromatic heterocycles. The van der Waals surface area contributed by atoms with Gasteiger partial charge in [-0.15, -0.1) is 0 Å². The number of likely N-dealkylation sites (tertiary alicyclic amines) is 1. The van der Waals surface area contributed by atoms with Gasteiger partial charge in [-0.1, -0.05) is 13.8 Å². The number of hydrogen-bond acceptors (Lipinski definition) is 3. The van der Waals surface area contributed by atoms with Crippen molar-refractivity contribution in [2.45, 2.75) is 44.7 Å². The first-order chi connectivity index (χ1) is 13.2. The molecule has 1 spiro atoms. The van der Waals surface area contributed by atoms with Crippen LogP contribution in [0.5, 0.6) is 0 Å². The van der Waals surface area contributed by atoms with E-state index in [1.807, 2.05) is 60.0 Å². The molecular formula is C22H34N4O2. The largest absolute Gasteiger partial charge is 0.357 e. The smallest absolute Gasteiger partial charge is 0.247 e. The molecule has 2 heterocycles. The fourth-order valence-electron chi connectivity index (χ4n) is 4.77. The van der Waals surface area contributed by atoms with E-state index in [0.717, 1.165) is 31.4 Å². The number of aryl methyl sites for hydroxylation is 1. The summed E-state index contributed by atoms with van der Waals surface area (Å²) < 4.78 is 1.97. The van der Waals surface area contributed by atoms with Gasteiger partial charge in [-0.2, -0.15) is 0 Å². The zero-order valence-corrected chi connectivity index (χ0v) is 17.8. The van der Waals surface area contributed by atoms with Gasteiger partial charge in [-0.25, -0.2) is 0 Å². The van der Waals surface area contributed by atoms with Gasteiger partial charge in [0.25, 0.3) is 0 Å². The molecule has 2 atom stereocenters. The summed E-state index contributed by atoms with van der Waals surface area (Å²) in [6, 6.07) is 1.87. The van der Waals surface area contributed by atoms with Gasteiger partial charge < -0.3 is 14.8 Å². The molecule has 1 aliphatic carbocycles. The van der Waals surface area contributed by atoms with Crippen molar-refractivity contribution in [3.63, 3.8) is 0 Å². The van der Waals surface area contributed by atoms with E-state index >= 15 is 0 Å². The van der Waals surface area contributed by atoms with Crippen LogP contribution in [-0.2, 0) is 16.6 Å². The Morgan fingerprint density at radius 3 is 2.61 bits per heavy atom. The third-order valence-electron chi connectivity index (χ3n) is 6.28. The van der Waals surface area contributed by atoms with Crippen molar-refractivity contribution in [1.29, 1.82) is 0 Å². The standard InChI is InChI=1S/C22H34N4O2/c1-16(2)20(24(3)4)21(28)23-14-18-9-13-26(22(18)10-11-22)19(27)7-6-17-8-12-25(5)15-17/h6-8,12,15-16,18,20H,9-11,13-14H2,1-5H3,(H,23,28)/b7-6+.